The lowest BCUT2D eigenvalue weighted by Crippen LogP contribution is -2.09. The molecule has 0 bridgehead atoms. The summed E-state index contributed by atoms with van der Waals surface area (Å²) in [6, 6.07) is 4.80. The van der Waals surface area contributed by atoms with Gasteiger partial charge in [-0.2, -0.15) is 0 Å². The summed E-state index contributed by atoms with van der Waals surface area (Å²) in [6.07, 6.45) is -1.16. The summed E-state index contributed by atoms with van der Waals surface area (Å²) < 4.78 is 16.5. The smallest absolute Gasteiger partial charge is 0.449 e. The first-order valence-electron chi connectivity index (χ1n) is 4.16. The Balaban J connectivity index is 2.88. The third-order valence-corrected chi connectivity index (χ3v) is 1.79. The highest BCUT2D eigenvalue weighted by atomic mass is 19.3. The molecule has 5 nitrogen and oxygen atoms in total. The van der Waals surface area contributed by atoms with Crippen LogP contribution in [0.15, 0.2) is 18.2 Å². The second-order valence-corrected chi connectivity index (χ2v) is 2.65. The third kappa shape index (κ3) is 2.73. The number of nitrogens with one attached hydrogen (secondary N) is 2. The fourth-order valence-electron chi connectivity index (χ4n) is 1.12. The number of ether oxygens (including phenoxy) is 1. The second kappa shape index (κ2) is 5.04. The van der Waals surface area contributed by atoms with Crippen molar-refractivity contribution in [2.75, 3.05) is 24.8 Å². The number of carbonyl (C=O) groups is 1. The van der Waals surface area contributed by atoms with Gasteiger partial charge in [-0.05, 0) is 18.2 Å². The molecule has 82 valence electrons. The van der Waals surface area contributed by atoms with Crippen LogP contribution in [0.4, 0.5) is 20.7 Å². The van der Waals surface area contributed by atoms with Gasteiger partial charge in [0, 0.05) is 17.3 Å². The van der Waals surface area contributed by atoms with Crippen LogP contribution in [-0.2, 0) is 4.94 Å². The van der Waals surface area contributed by atoms with Gasteiger partial charge in [-0.25, -0.2) is 9.74 Å². The lowest BCUT2D eigenvalue weighted by Gasteiger charge is -2.09. The van der Waals surface area contributed by atoms with E-state index in [0.29, 0.717) is 17.1 Å². The highest BCUT2D eigenvalue weighted by molar-refractivity contribution is 5.85. The van der Waals surface area contributed by atoms with Crippen LogP contribution >= 0.6 is 0 Å². The van der Waals surface area contributed by atoms with Crippen molar-refractivity contribution in [3.05, 3.63) is 18.2 Å². The van der Waals surface area contributed by atoms with Gasteiger partial charge >= 0.3 is 6.09 Å². The van der Waals surface area contributed by atoms with Crippen LogP contribution in [0.5, 0.6) is 5.75 Å². The van der Waals surface area contributed by atoms with E-state index in [1.165, 1.54) is 7.11 Å². The summed E-state index contributed by atoms with van der Waals surface area (Å²) in [5, 5.41) is 5.05. The minimum absolute atomic E-state index is 0.405. The van der Waals surface area contributed by atoms with Gasteiger partial charge in [-0.15, -0.1) is 0 Å². The van der Waals surface area contributed by atoms with E-state index < -0.39 is 6.09 Å². The van der Waals surface area contributed by atoms with Crippen molar-refractivity contribution in [1.82, 2.24) is 0 Å². The van der Waals surface area contributed by atoms with Crippen molar-refractivity contribution < 1.29 is 19.0 Å². The normalized spacial score (nSPS) is 9.27. The molecule has 6 heteroatoms. The number of methoxy groups -OCH3 is 1. The molecule has 1 aromatic rings. The molecule has 0 saturated heterocycles. The van der Waals surface area contributed by atoms with Crippen LogP contribution in [0.2, 0.25) is 0 Å². The van der Waals surface area contributed by atoms with E-state index in [-0.39, 0.29) is 0 Å². The van der Waals surface area contributed by atoms with Crippen LogP contribution in [0.3, 0.4) is 0 Å². The van der Waals surface area contributed by atoms with Crippen molar-refractivity contribution in [2.45, 2.75) is 0 Å². The molecule has 0 saturated carbocycles. The molecule has 1 aromatic carbocycles. The Morgan fingerprint density at radius 2 is 2.20 bits per heavy atom. The Hall–Kier alpha value is -1.98. The van der Waals surface area contributed by atoms with Gasteiger partial charge in [0.25, 0.3) is 0 Å². The molecular formula is C9H11FN2O3. The van der Waals surface area contributed by atoms with Crippen LogP contribution < -0.4 is 15.4 Å². The van der Waals surface area contributed by atoms with Gasteiger partial charge in [0.05, 0.1) is 12.8 Å². The molecule has 2 N–H and O–H groups in total. The Labute approximate surface area is 86.1 Å². The summed E-state index contributed by atoms with van der Waals surface area (Å²) in [5.41, 5.74) is 1.08. The summed E-state index contributed by atoms with van der Waals surface area (Å²) >= 11 is 0. The fourth-order valence-corrected chi connectivity index (χ4v) is 1.12. The highest BCUT2D eigenvalue weighted by Gasteiger charge is 2.06. The average Bonchev–Trinajstić information content (AvgIpc) is 2.28. The van der Waals surface area contributed by atoms with E-state index in [4.69, 9.17) is 4.74 Å². The number of hydrogen-bond acceptors (Lipinski definition) is 4. The summed E-state index contributed by atoms with van der Waals surface area (Å²) in [6.45, 7) is 0. The van der Waals surface area contributed by atoms with Gasteiger partial charge in [0.2, 0.25) is 0 Å². The van der Waals surface area contributed by atoms with Crippen molar-refractivity contribution in [2.24, 2.45) is 0 Å². The third-order valence-electron chi connectivity index (χ3n) is 1.79. The predicted molar refractivity (Wildman–Crippen MR) is 53.8 cm³/mol. The van der Waals surface area contributed by atoms with Crippen LogP contribution in [0, 0.1) is 0 Å². The van der Waals surface area contributed by atoms with E-state index in [1.54, 1.807) is 25.2 Å². The summed E-state index contributed by atoms with van der Waals surface area (Å²) in [5.74, 6) is 0.622. The first kappa shape index (κ1) is 11.1. The molecule has 0 aliphatic rings. The Bertz CT molecular complexity index is 357. The maximum Gasteiger partial charge on any atom is 0.449 e. The molecule has 0 unspecified atom stereocenters. The predicted octanol–water partition coefficient (Wildman–Crippen LogP) is 2.17. The zero-order valence-electron chi connectivity index (χ0n) is 8.33. The lowest BCUT2D eigenvalue weighted by atomic mass is 10.2. The summed E-state index contributed by atoms with van der Waals surface area (Å²) in [7, 11) is 3.23. The van der Waals surface area contributed by atoms with Crippen LogP contribution in [0.1, 0.15) is 0 Å². The van der Waals surface area contributed by atoms with E-state index in [0.717, 1.165) is 0 Å². The lowest BCUT2D eigenvalue weighted by molar-refractivity contribution is -0.0544. The number of rotatable bonds is 3. The van der Waals surface area contributed by atoms with Crippen molar-refractivity contribution in [3.63, 3.8) is 0 Å². The number of amides is 1. The number of hydrogen-bond donors (Lipinski definition) is 2. The average molecular weight is 214 g/mol. The first-order chi connectivity index (χ1) is 7.21. The largest absolute Gasteiger partial charge is 0.495 e. The first-order valence-corrected chi connectivity index (χ1v) is 4.16. The summed E-state index contributed by atoms with van der Waals surface area (Å²) in [4.78, 5) is 13.6. The SMILES string of the molecule is CNc1cc(NC(=O)OF)ccc1OC. The van der Waals surface area contributed by atoms with E-state index >= 15 is 0 Å². The molecular weight excluding hydrogens is 203 g/mol. The topological polar surface area (TPSA) is 59.6 Å². The minimum Gasteiger partial charge on any atom is -0.495 e. The van der Waals surface area contributed by atoms with E-state index in [1.807, 2.05) is 0 Å². The number of anilines is 2. The maximum absolute atomic E-state index is 11.4. The quantitative estimate of drug-likeness (QED) is 0.809. The van der Waals surface area contributed by atoms with Crippen LogP contribution in [0.25, 0.3) is 0 Å². The van der Waals surface area contributed by atoms with E-state index in [2.05, 4.69) is 15.6 Å². The van der Waals surface area contributed by atoms with Gasteiger partial charge in [-0.3, -0.25) is 5.32 Å². The molecule has 0 spiro atoms. The molecule has 0 heterocycles. The Morgan fingerprint density at radius 3 is 2.73 bits per heavy atom. The number of benzene rings is 1. The standard InChI is InChI=1S/C9H11FN2O3/c1-11-7-5-6(12-9(13)15-10)3-4-8(7)14-2/h3-5,11H,1-2H3,(H,12,13). The zero-order chi connectivity index (χ0) is 11.3. The molecule has 1 amide bonds. The molecule has 0 aromatic heterocycles. The second-order valence-electron chi connectivity index (χ2n) is 2.65. The maximum atomic E-state index is 11.4. The minimum atomic E-state index is -1.16. The van der Waals surface area contributed by atoms with Gasteiger partial charge < -0.3 is 10.1 Å². The van der Waals surface area contributed by atoms with Crippen molar-refractivity contribution in [1.29, 1.82) is 0 Å². The molecule has 15 heavy (non-hydrogen) atoms. The fraction of sp³-hybridized carbons (Fsp3) is 0.222. The monoisotopic (exact) mass is 214 g/mol. The highest BCUT2D eigenvalue weighted by Crippen LogP contribution is 2.27. The van der Waals surface area contributed by atoms with Gasteiger partial charge in [0.15, 0.2) is 0 Å². The molecule has 0 fully saturated rings. The van der Waals surface area contributed by atoms with Gasteiger partial charge in [0.1, 0.15) is 5.75 Å². The van der Waals surface area contributed by atoms with Crippen molar-refractivity contribution >= 4 is 17.5 Å². The van der Waals surface area contributed by atoms with E-state index in [9.17, 15) is 9.32 Å². The van der Waals surface area contributed by atoms with Gasteiger partial charge in [-0.1, -0.05) is 0 Å². The number of halogens is 1. The Kier molecular flexibility index (Phi) is 3.73. The molecule has 0 atom stereocenters. The molecule has 0 radical (unpaired) electrons. The number of carbonyl (C=O) groups excluding carboxylic acids is 1. The Morgan fingerprint density at radius 1 is 1.47 bits per heavy atom. The van der Waals surface area contributed by atoms with Crippen LogP contribution in [-0.4, -0.2) is 20.3 Å². The zero-order valence-corrected chi connectivity index (χ0v) is 8.33. The van der Waals surface area contributed by atoms with Crippen molar-refractivity contribution in [3.8, 4) is 5.75 Å². The molecule has 0 aliphatic heterocycles. The molecule has 0 aliphatic carbocycles. The molecule has 1 rings (SSSR count).